The van der Waals surface area contributed by atoms with Crippen LogP contribution in [0.15, 0.2) is 12.1 Å². The Labute approximate surface area is 127 Å². The second kappa shape index (κ2) is 6.92. The second-order valence-corrected chi connectivity index (χ2v) is 6.59. The standard InChI is InChI=1S/C17H27N3O/c1-11(2)15-8-14(9-16(18)20-15)17(21)19-10-13-7-5-4-6-12(13)3/h8-9,11-13H,4-7,10H2,1-3H3,(H2,18,20)(H,19,21). The topological polar surface area (TPSA) is 68.0 Å². The molecule has 116 valence electrons. The second-order valence-electron chi connectivity index (χ2n) is 6.59. The lowest BCUT2D eigenvalue weighted by atomic mass is 9.80. The first kappa shape index (κ1) is 15.8. The molecule has 2 atom stereocenters. The highest BCUT2D eigenvalue weighted by atomic mass is 16.1. The van der Waals surface area contributed by atoms with Gasteiger partial charge in [0, 0.05) is 17.8 Å². The largest absolute Gasteiger partial charge is 0.384 e. The van der Waals surface area contributed by atoms with Gasteiger partial charge in [-0.15, -0.1) is 0 Å². The summed E-state index contributed by atoms with van der Waals surface area (Å²) >= 11 is 0. The molecule has 0 aromatic carbocycles. The molecule has 1 heterocycles. The van der Waals surface area contributed by atoms with Gasteiger partial charge in [-0.05, 0) is 36.3 Å². The Balaban J connectivity index is 1.99. The Morgan fingerprint density at radius 2 is 2.10 bits per heavy atom. The minimum atomic E-state index is -0.0382. The minimum absolute atomic E-state index is 0.0382. The summed E-state index contributed by atoms with van der Waals surface area (Å²) in [7, 11) is 0. The highest BCUT2D eigenvalue weighted by molar-refractivity contribution is 5.94. The molecule has 0 radical (unpaired) electrons. The van der Waals surface area contributed by atoms with Crippen LogP contribution in [0.25, 0.3) is 0 Å². The highest BCUT2D eigenvalue weighted by Crippen LogP contribution is 2.29. The average Bonchev–Trinajstić information content (AvgIpc) is 2.45. The molecule has 4 heteroatoms. The first-order valence-corrected chi connectivity index (χ1v) is 8.03. The van der Waals surface area contributed by atoms with Crippen LogP contribution in [0, 0.1) is 11.8 Å². The third-order valence-electron chi connectivity index (χ3n) is 4.53. The van der Waals surface area contributed by atoms with Gasteiger partial charge in [-0.25, -0.2) is 4.98 Å². The lowest BCUT2D eigenvalue weighted by Crippen LogP contribution is -2.33. The van der Waals surface area contributed by atoms with Gasteiger partial charge in [0.05, 0.1) is 0 Å². The Bertz CT molecular complexity index is 499. The van der Waals surface area contributed by atoms with Crippen molar-refractivity contribution < 1.29 is 4.79 Å². The normalized spacial score (nSPS) is 22.3. The Kier molecular flexibility index (Phi) is 5.21. The summed E-state index contributed by atoms with van der Waals surface area (Å²) in [6, 6.07) is 3.51. The molecule has 1 aliphatic rings. The molecule has 4 nitrogen and oxygen atoms in total. The number of carbonyl (C=O) groups excluding carboxylic acids is 1. The van der Waals surface area contributed by atoms with Crippen molar-refractivity contribution in [2.75, 3.05) is 12.3 Å². The number of nitrogens with one attached hydrogen (secondary N) is 1. The zero-order valence-electron chi connectivity index (χ0n) is 13.4. The van der Waals surface area contributed by atoms with Crippen LogP contribution in [0.3, 0.4) is 0 Å². The molecule has 0 saturated heterocycles. The monoisotopic (exact) mass is 289 g/mol. The van der Waals surface area contributed by atoms with E-state index in [0.29, 0.717) is 23.2 Å². The van der Waals surface area contributed by atoms with Crippen LogP contribution in [0.2, 0.25) is 0 Å². The van der Waals surface area contributed by atoms with E-state index in [1.54, 1.807) is 6.07 Å². The van der Waals surface area contributed by atoms with Gasteiger partial charge in [0.1, 0.15) is 5.82 Å². The van der Waals surface area contributed by atoms with E-state index in [2.05, 4.69) is 17.2 Å². The summed E-state index contributed by atoms with van der Waals surface area (Å²) in [6.07, 6.45) is 5.10. The highest BCUT2D eigenvalue weighted by Gasteiger charge is 2.22. The van der Waals surface area contributed by atoms with Crippen LogP contribution in [0.4, 0.5) is 5.82 Å². The third kappa shape index (κ3) is 4.19. The van der Waals surface area contributed by atoms with Crippen molar-refractivity contribution in [2.45, 2.75) is 52.4 Å². The van der Waals surface area contributed by atoms with Crippen molar-refractivity contribution in [3.05, 3.63) is 23.4 Å². The summed E-state index contributed by atoms with van der Waals surface area (Å²) in [5.74, 6) is 1.94. The lowest BCUT2D eigenvalue weighted by molar-refractivity contribution is 0.0936. The van der Waals surface area contributed by atoms with Crippen molar-refractivity contribution in [1.82, 2.24) is 10.3 Å². The number of anilines is 1. The molecule has 1 saturated carbocycles. The van der Waals surface area contributed by atoms with Crippen LogP contribution in [-0.4, -0.2) is 17.4 Å². The number of hydrogen-bond donors (Lipinski definition) is 2. The number of aromatic nitrogens is 1. The maximum Gasteiger partial charge on any atom is 0.251 e. The summed E-state index contributed by atoms with van der Waals surface area (Å²) in [6.45, 7) is 7.15. The molecule has 21 heavy (non-hydrogen) atoms. The van der Waals surface area contributed by atoms with Crippen LogP contribution in [0.5, 0.6) is 0 Å². The van der Waals surface area contributed by atoms with E-state index < -0.39 is 0 Å². The Hall–Kier alpha value is -1.58. The van der Waals surface area contributed by atoms with Crippen LogP contribution >= 0.6 is 0 Å². The smallest absolute Gasteiger partial charge is 0.251 e. The van der Waals surface area contributed by atoms with E-state index in [4.69, 9.17) is 5.73 Å². The molecule has 0 bridgehead atoms. The Morgan fingerprint density at radius 3 is 2.76 bits per heavy atom. The molecular weight excluding hydrogens is 262 g/mol. The van der Waals surface area contributed by atoms with E-state index >= 15 is 0 Å². The van der Waals surface area contributed by atoms with Gasteiger partial charge >= 0.3 is 0 Å². The number of nitrogen functional groups attached to an aromatic ring is 1. The zero-order chi connectivity index (χ0) is 15.4. The molecule has 1 amide bonds. The minimum Gasteiger partial charge on any atom is -0.384 e. The van der Waals surface area contributed by atoms with Crippen LogP contribution in [-0.2, 0) is 0 Å². The molecule has 1 aliphatic carbocycles. The van der Waals surface area contributed by atoms with E-state index in [9.17, 15) is 4.79 Å². The van der Waals surface area contributed by atoms with Gasteiger partial charge in [-0.3, -0.25) is 4.79 Å². The quantitative estimate of drug-likeness (QED) is 0.893. The molecular formula is C17H27N3O. The first-order valence-electron chi connectivity index (χ1n) is 8.03. The van der Waals surface area contributed by atoms with Crippen molar-refractivity contribution >= 4 is 11.7 Å². The van der Waals surface area contributed by atoms with Crippen molar-refractivity contribution in [2.24, 2.45) is 11.8 Å². The van der Waals surface area contributed by atoms with Crippen molar-refractivity contribution in [3.8, 4) is 0 Å². The summed E-state index contributed by atoms with van der Waals surface area (Å²) in [5, 5.41) is 3.07. The number of nitrogens with zero attached hydrogens (tertiary/aromatic N) is 1. The van der Waals surface area contributed by atoms with E-state index in [-0.39, 0.29) is 11.8 Å². The fraction of sp³-hybridized carbons (Fsp3) is 0.647. The molecule has 1 aromatic heterocycles. The predicted molar refractivity (Wildman–Crippen MR) is 86.2 cm³/mol. The zero-order valence-corrected chi connectivity index (χ0v) is 13.4. The number of nitrogens with two attached hydrogens (primary N) is 1. The van der Waals surface area contributed by atoms with Crippen LogP contribution < -0.4 is 11.1 Å². The molecule has 0 spiro atoms. The van der Waals surface area contributed by atoms with Gasteiger partial charge in [-0.1, -0.05) is 40.0 Å². The predicted octanol–water partition coefficient (Wildman–Crippen LogP) is 3.34. The molecule has 2 unspecified atom stereocenters. The van der Waals surface area contributed by atoms with Gasteiger partial charge in [0.2, 0.25) is 0 Å². The molecule has 1 aromatic rings. The molecule has 2 rings (SSSR count). The van der Waals surface area contributed by atoms with E-state index in [0.717, 1.165) is 12.2 Å². The SMILES string of the molecule is CC(C)c1cc(C(=O)NCC2CCCCC2C)cc(N)n1. The number of carbonyl (C=O) groups is 1. The number of rotatable bonds is 4. The third-order valence-corrected chi connectivity index (χ3v) is 4.53. The number of hydrogen-bond acceptors (Lipinski definition) is 3. The summed E-state index contributed by atoms with van der Waals surface area (Å²) < 4.78 is 0. The summed E-state index contributed by atoms with van der Waals surface area (Å²) in [5.41, 5.74) is 7.29. The lowest BCUT2D eigenvalue weighted by Gasteiger charge is -2.28. The fourth-order valence-electron chi connectivity index (χ4n) is 3.02. The molecule has 0 aliphatic heterocycles. The average molecular weight is 289 g/mol. The van der Waals surface area contributed by atoms with Crippen molar-refractivity contribution in [3.63, 3.8) is 0 Å². The van der Waals surface area contributed by atoms with Gasteiger partial charge < -0.3 is 11.1 Å². The van der Waals surface area contributed by atoms with Crippen molar-refractivity contribution in [1.29, 1.82) is 0 Å². The first-order chi connectivity index (χ1) is 9.97. The van der Waals surface area contributed by atoms with Gasteiger partial charge in [0.25, 0.3) is 5.91 Å². The maximum atomic E-state index is 12.3. The van der Waals surface area contributed by atoms with E-state index in [1.165, 1.54) is 25.7 Å². The maximum absolute atomic E-state index is 12.3. The molecule has 3 N–H and O–H groups in total. The van der Waals surface area contributed by atoms with Crippen LogP contribution in [0.1, 0.15) is 68.4 Å². The molecule has 1 fully saturated rings. The van der Waals surface area contributed by atoms with Gasteiger partial charge in [0.15, 0.2) is 0 Å². The Morgan fingerprint density at radius 1 is 1.38 bits per heavy atom. The summed E-state index contributed by atoms with van der Waals surface area (Å²) in [4.78, 5) is 16.6. The number of amides is 1. The van der Waals surface area contributed by atoms with E-state index in [1.807, 2.05) is 19.9 Å². The fourth-order valence-corrected chi connectivity index (χ4v) is 3.02. The number of pyridine rings is 1. The van der Waals surface area contributed by atoms with Gasteiger partial charge in [-0.2, -0.15) is 0 Å².